The van der Waals surface area contributed by atoms with Crippen LogP contribution in [-0.2, 0) is 17.8 Å². The molecule has 0 saturated carbocycles. The van der Waals surface area contributed by atoms with Gasteiger partial charge in [-0.05, 0) is 35.4 Å². The Kier molecular flexibility index (Phi) is 4.74. The second-order valence-electron chi connectivity index (χ2n) is 4.43. The van der Waals surface area contributed by atoms with Crippen LogP contribution < -0.4 is 10.1 Å². The summed E-state index contributed by atoms with van der Waals surface area (Å²) < 4.78 is 5.13. The molecule has 0 bridgehead atoms. The number of benzene rings is 2. The van der Waals surface area contributed by atoms with E-state index in [2.05, 4.69) is 5.32 Å². The molecule has 0 spiro atoms. The Morgan fingerprint density at radius 1 is 1.15 bits per heavy atom. The van der Waals surface area contributed by atoms with Gasteiger partial charge in [0.15, 0.2) is 0 Å². The quantitative estimate of drug-likeness (QED) is 0.877. The third-order valence-corrected chi connectivity index (χ3v) is 2.89. The normalized spacial score (nSPS) is 10.1. The van der Waals surface area contributed by atoms with Crippen molar-refractivity contribution in [2.24, 2.45) is 0 Å². The largest absolute Gasteiger partial charge is 0.497 e. The van der Waals surface area contributed by atoms with Crippen LogP contribution in [0.4, 0.5) is 5.69 Å². The maximum atomic E-state index is 12.0. The molecule has 2 aromatic carbocycles. The molecule has 0 atom stereocenters. The molecular weight excluding hydrogens is 254 g/mol. The molecule has 0 saturated heterocycles. The van der Waals surface area contributed by atoms with Crippen LogP contribution in [0, 0.1) is 0 Å². The minimum absolute atomic E-state index is 0.0421. The van der Waals surface area contributed by atoms with E-state index < -0.39 is 0 Å². The SMILES string of the molecule is COc1cccc(CC(=O)Nc2cccc(CO)c2)c1. The summed E-state index contributed by atoms with van der Waals surface area (Å²) in [5.41, 5.74) is 2.34. The van der Waals surface area contributed by atoms with Gasteiger partial charge in [0, 0.05) is 5.69 Å². The second kappa shape index (κ2) is 6.73. The van der Waals surface area contributed by atoms with Crippen molar-refractivity contribution in [2.75, 3.05) is 12.4 Å². The summed E-state index contributed by atoms with van der Waals surface area (Å²) in [6.45, 7) is -0.0421. The number of hydrogen-bond acceptors (Lipinski definition) is 3. The van der Waals surface area contributed by atoms with Crippen LogP contribution in [0.25, 0.3) is 0 Å². The van der Waals surface area contributed by atoms with Crippen LogP contribution in [0.15, 0.2) is 48.5 Å². The standard InChI is InChI=1S/C16H17NO3/c1-20-15-7-3-4-12(9-15)10-16(19)17-14-6-2-5-13(8-14)11-18/h2-9,18H,10-11H2,1H3,(H,17,19). The third-order valence-electron chi connectivity index (χ3n) is 2.89. The molecule has 2 aromatic rings. The molecule has 0 aromatic heterocycles. The highest BCUT2D eigenvalue weighted by Gasteiger charge is 2.05. The van der Waals surface area contributed by atoms with Gasteiger partial charge in [-0.25, -0.2) is 0 Å². The number of nitrogens with one attached hydrogen (secondary N) is 1. The van der Waals surface area contributed by atoms with Crippen LogP contribution in [0.3, 0.4) is 0 Å². The van der Waals surface area contributed by atoms with Gasteiger partial charge in [0.25, 0.3) is 0 Å². The summed E-state index contributed by atoms with van der Waals surface area (Å²) in [6, 6.07) is 14.6. The number of aliphatic hydroxyl groups excluding tert-OH is 1. The monoisotopic (exact) mass is 271 g/mol. The second-order valence-corrected chi connectivity index (χ2v) is 4.43. The van der Waals surface area contributed by atoms with E-state index in [1.54, 1.807) is 31.4 Å². The van der Waals surface area contributed by atoms with Crippen molar-refractivity contribution in [3.8, 4) is 5.75 Å². The fourth-order valence-electron chi connectivity index (χ4n) is 1.92. The van der Waals surface area contributed by atoms with Gasteiger partial charge in [-0.1, -0.05) is 24.3 Å². The number of amides is 1. The molecule has 0 radical (unpaired) electrons. The summed E-state index contributed by atoms with van der Waals surface area (Å²) >= 11 is 0. The number of hydrogen-bond donors (Lipinski definition) is 2. The summed E-state index contributed by atoms with van der Waals surface area (Å²) in [6.07, 6.45) is 0.278. The summed E-state index contributed by atoms with van der Waals surface area (Å²) in [4.78, 5) is 12.0. The molecule has 0 aliphatic heterocycles. The van der Waals surface area contributed by atoms with Crippen LogP contribution in [0.1, 0.15) is 11.1 Å². The minimum atomic E-state index is -0.103. The number of aliphatic hydroxyl groups is 1. The first-order chi connectivity index (χ1) is 9.71. The maximum absolute atomic E-state index is 12.0. The topological polar surface area (TPSA) is 58.6 Å². The number of ether oxygens (including phenoxy) is 1. The number of anilines is 1. The highest BCUT2D eigenvalue weighted by Crippen LogP contribution is 2.14. The fourth-order valence-corrected chi connectivity index (χ4v) is 1.92. The van der Waals surface area contributed by atoms with Gasteiger partial charge in [0.1, 0.15) is 5.75 Å². The molecule has 4 nitrogen and oxygen atoms in total. The lowest BCUT2D eigenvalue weighted by molar-refractivity contribution is -0.115. The lowest BCUT2D eigenvalue weighted by Crippen LogP contribution is -2.14. The average molecular weight is 271 g/mol. The van der Waals surface area contributed by atoms with Crippen molar-refractivity contribution in [1.29, 1.82) is 0 Å². The molecule has 2 N–H and O–H groups in total. The van der Waals surface area contributed by atoms with Gasteiger partial charge in [0.05, 0.1) is 20.1 Å². The Labute approximate surface area is 118 Å². The van der Waals surface area contributed by atoms with Gasteiger partial charge in [-0.2, -0.15) is 0 Å². The predicted octanol–water partition coefficient (Wildman–Crippen LogP) is 2.37. The Morgan fingerprint density at radius 3 is 2.65 bits per heavy atom. The van der Waals surface area contributed by atoms with E-state index in [-0.39, 0.29) is 18.9 Å². The van der Waals surface area contributed by atoms with Crippen LogP contribution >= 0.6 is 0 Å². The average Bonchev–Trinajstić information content (AvgIpc) is 2.47. The molecule has 20 heavy (non-hydrogen) atoms. The smallest absolute Gasteiger partial charge is 0.228 e. The van der Waals surface area contributed by atoms with Crippen molar-refractivity contribution in [2.45, 2.75) is 13.0 Å². The zero-order valence-electron chi connectivity index (χ0n) is 11.3. The highest BCUT2D eigenvalue weighted by atomic mass is 16.5. The fraction of sp³-hybridized carbons (Fsp3) is 0.188. The molecule has 4 heteroatoms. The number of methoxy groups -OCH3 is 1. The van der Waals surface area contributed by atoms with E-state index in [0.717, 1.165) is 16.9 Å². The first kappa shape index (κ1) is 14.1. The molecule has 0 fully saturated rings. The Bertz CT molecular complexity index is 544. The van der Waals surface area contributed by atoms with E-state index in [1.165, 1.54) is 0 Å². The van der Waals surface area contributed by atoms with Crippen LogP contribution in [-0.4, -0.2) is 18.1 Å². The molecule has 1 amide bonds. The van der Waals surface area contributed by atoms with Gasteiger partial charge in [-0.3, -0.25) is 4.79 Å². The minimum Gasteiger partial charge on any atom is -0.497 e. The molecule has 2 rings (SSSR count). The number of rotatable bonds is 5. The van der Waals surface area contributed by atoms with E-state index >= 15 is 0 Å². The molecule has 0 unspecified atom stereocenters. The van der Waals surface area contributed by atoms with E-state index in [1.807, 2.05) is 24.3 Å². The van der Waals surface area contributed by atoms with Gasteiger partial charge < -0.3 is 15.2 Å². The zero-order valence-corrected chi connectivity index (χ0v) is 11.3. The molecule has 0 aliphatic carbocycles. The number of carbonyl (C=O) groups excluding carboxylic acids is 1. The Hall–Kier alpha value is -2.33. The van der Waals surface area contributed by atoms with Crippen LogP contribution in [0.5, 0.6) is 5.75 Å². The van der Waals surface area contributed by atoms with Crippen molar-refractivity contribution < 1.29 is 14.6 Å². The third kappa shape index (κ3) is 3.83. The summed E-state index contributed by atoms with van der Waals surface area (Å²) in [5, 5.41) is 11.9. The number of carbonyl (C=O) groups is 1. The van der Waals surface area contributed by atoms with E-state index in [0.29, 0.717) is 5.69 Å². The summed E-state index contributed by atoms with van der Waals surface area (Å²) in [5.74, 6) is 0.630. The first-order valence-corrected chi connectivity index (χ1v) is 6.34. The van der Waals surface area contributed by atoms with Crippen molar-refractivity contribution in [3.63, 3.8) is 0 Å². The highest BCUT2D eigenvalue weighted by molar-refractivity contribution is 5.92. The van der Waals surface area contributed by atoms with Crippen molar-refractivity contribution in [3.05, 3.63) is 59.7 Å². The summed E-state index contributed by atoms with van der Waals surface area (Å²) in [7, 11) is 1.60. The van der Waals surface area contributed by atoms with Gasteiger partial charge >= 0.3 is 0 Å². The van der Waals surface area contributed by atoms with Gasteiger partial charge in [0.2, 0.25) is 5.91 Å². The predicted molar refractivity (Wildman–Crippen MR) is 77.7 cm³/mol. The van der Waals surface area contributed by atoms with Gasteiger partial charge in [-0.15, -0.1) is 0 Å². The molecule has 0 heterocycles. The molecular formula is C16H17NO3. The zero-order chi connectivity index (χ0) is 14.4. The maximum Gasteiger partial charge on any atom is 0.228 e. The van der Waals surface area contributed by atoms with E-state index in [9.17, 15) is 4.79 Å². The van der Waals surface area contributed by atoms with Crippen molar-refractivity contribution >= 4 is 11.6 Å². The lowest BCUT2D eigenvalue weighted by Gasteiger charge is -2.07. The van der Waals surface area contributed by atoms with Crippen molar-refractivity contribution in [1.82, 2.24) is 0 Å². The lowest BCUT2D eigenvalue weighted by atomic mass is 10.1. The Morgan fingerprint density at radius 2 is 1.90 bits per heavy atom. The molecule has 104 valence electrons. The van der Waals surface area contributed by atoms with E-state index in [4.69, 9.17) is 9.84 Å². The first-order valence-electron chi connectivity index (χ1n) is 6.34. The van der Waals surface area contributed by atoms with Crippen LogP contribution in [0.2, 0.25) is 0 Å². The Balaban J connectivity index is 2.01. The molecule has 0 aliphatic rings.